The highest BCUT2D eigenvalue weighted by Gasteiger charge is 2.10. The van der Waals surface area contributed by atoms with E-state index in [2.05, 4.69) is 20.2 Å². The summed E-state index contributed by atoms with van der Waals surface area (Å²) in [5.41, 5.74) is 0.623. The van der Waals surface area contributed by atoms with Crippen molar-refractivity contribution < 1.29 is 12.8 Å². The van der Waals surface area contributed by atoms with Gasteiger partial charge in [0.1, 0.15) is 11.6 Å². The monoisotopic (exact) mass is 352 g/mol. The van der Waals surface area contributed by atoms with E-state index >= 15 is 0 Å². The quantitative estimate of drug-likeness (QED) is 0.725. The first-order valence-corrected chi connectivity index (χ1v) is 9.47. The van der Waals surface area contributed by atoms with Gasteiger partial charge >= 0.3 is 0 Å². The summed E-state index contributed by atoms with van der Waals surface area (Å²) in [5.74, 6) is 0.518. The van der Waals surface area contributed by atoms with Gasteiger partial charge in [-0.25, -0.2) is 12.8 Å². The van der Waals surface area contributed by atoms with Gasteiger partial charge in [-0.1, -0.05) is 31.5 Å². The lowest BCUT2D eigenvalue weighted by molar-refractivity contribution is 0.597. The van der Waals surface area contributed by atoms with E-state index in [-0.39, 0.29) is 17.4 Å². The third kappa shape index (κ3) is 5.77. The molecule has 0 saturated carbocycles. The van der Waals surface area contributed by atoms with Crippen LogP contribution in [0.5, 0.6) is 0 Å². The topological polar surface area (TPSA) is 84.0 Å². The number of hydrogen-bond donors (Lipinski definition) is 2. The van der Waals surface area contributed by atoms with Crippen LogP contribution in [0, 0.1) is 5.82 Å². The molecule has 6 nitrogen and oxygen atoms in total. The van der Waals surface area contributed by atoms with Crippen molar-refractivity contribution in [3.63, 3.8) is 0 Å². The first-order chi connectivity index (χ1) is 11.5. The summed E-state index contributed by atoms with van der Waals surface area (Å²) >= 11 is 0. The normalized spacial score (nSPS) is 11.2. The van der Waals surface area contributed by atoms with Crippen LogP contribution in [-0.4, -0.2) is 30.9 Å². The first kappa shape index (κ1) is 18.1. The summed E-state index contributed by atoms with van der Waals surface area (Å²) in [6, 6.07) is 9.77. The molecule has 0 aliphatic heterocycles. The fourth-order valence-corrected chi connectivity index (χ4v) is 3.25. The van der Waals surface area contributed by atoms with E-state index in [0.29, 0.717) is 30.8 Å². The first-order valence-electron chi connectivity index (χ1n) is 7.81. The molecule has 0 atom stereocenters. The summed E-state index contributed by atoms with van der Waals surface area (Å²) in [7, 11) is -3.38. The summed E-state index contributed by atoms with van der Waals surface area (Å²) in [6.45, 7) is 2.42. The lowest BCUT2D eigenvalue weighted by Crippen LogP contribution is -2.18. The van der Waals surface area contributed by atoms with Crippen molar-refractivity contribution in [3.8, 4) is 0 Å². The summed E-state index contributed by atoms with van der Waals surface area (Å²) in [5, 5.41) is 10.8. The number of rotatable bonds is 9. The van der Waals surface area contributed by atoms with Gasteiger partial charge in [0.15, 0.2) is 5.82 Å². The maximum atomic E-state index is 13.5. The molecule has 0 spiro atoms. The van der Waals surface area contributed by atoms with Crippen molar-refractivity contribution in [2.45, 2.75) is 26.2 Å². The van der Waals surface area contributed by atoms with Crippen LogP contribution in [-0.2, 0) is 16.4 Å². The van der Waals surface area contributed by atoms with Crippen LogP contribution in [0.2, 0.25) is 0 Å². The third-order valence-corrected chi connectivity index (χ3v) is 4.70. The lowest BCUT2D eigenvalue weighted by atomic mass is 10.1. The van der Waals surface area contributed by atoms with Crippen molar-refractivity contribution in [2.24, 2.45) is 0 Å². The number of hydrogen-bond acceptors (Lipinski definition) is 5. The molecular formula is C16H21FN4O2S. The summed E-state index contributed by atoms with van der Waals surface area (Å²) in [4.78, 5) is 0. The smallest absolute Gasteiger partial charge is 0.233 e. The van der Waals surface area contributed by atoms with E-state index in [9.17, 15) is 12.8 Å². The number of nitrogens with one attached hydrogen (secondary N) is 2. The zero-order chi connectivity index (χ0) is 17.4. The van der Waals surface area contributed by atoms with Gasteiger partial charge in [0.2, 0.25) is 10.0 Å². The highest BCUT2D eigenvalue weighted by molar-refractivity contribution is 7.92. The van der Waals surface area contributed by atoms with Crippen molar-refractivity contribution in [3.05, 3.63) is 47.8 Å². The molecule has 1 heterocycles. The third-order valence-electron chi connectivity index (χ3n) is 3.35. The molecule has 0 fully saturated rings. The van der Waals surface area contributed by atoms with Crippen LogP contribution >= 0.6 is 0 Å². The van der Waals surface area contributed by atoms with Gasteiger partial charge < -0.3 is 5.32 Å². The second kappa shape index (κ2) is 8.58. The molecule has 0 aliphatic carbocycles. The fourth-order valence-electron chi connectivity index (χ4n) is 2.05. The van der Waals surface area contributed by atoms with Gasteiger partial charge in [-0.3, -0.25) is 4.72 Å². The van der Waals surface area contributed by atoms with Gasteiger partial charge in [-0.05, 0) is 36.6 Å². The molecule has 2 N–H and O–H groups in total. The Morgan fingerprint density at radius 2 is 1.79 bits per heavy atom. The molecule has 8 heteroatoms. The molecule has 130 valence electrons. The van der Waals surface area contributed by atoms with Gasteiger partial charge in [0, 0.05) is 6.54 Å². The minimum atomic E-state index is -3.38. The Morgan fingerprint density at radius 3 is 2.46 bits per heavy atom. The Kier molecular flexibility index (Phi) is 6.48. The molecule has 2 rings (SSSR count). The second-order valence-electron chi connectivity index (χ2n) is 5.35. The number of anilines is 2. The molecule has 0 unspecified atom stereocenters. The van der Waals surface area contributed by atoms with Crippen LogP contribution in [0.1, 0.15) is 25.3 Å². The number of benzene rings is 1. The number of nitrogens with zero attached hydrogens (tertiary/aromatic N) is 2. The molecule has 1 aromatic heterocycles. The number of unbranched alkanes of at least 4 members (excludes halogenated alkanes) is 1. The Balaban J connectivity index is 1.85. The van der Waals surface area contributed by atoms with Crippen molar-refractivity contribution in [2.75, 3.05) is 22.3 Å². The molecular weight excluding hydrogens is 331 g/mol. The molecule has 0 aliphatic rings. The minimum absolute atomic E-state index is 0.0633. The molecule has 0 amide bonds. The second-order valence-corrected chi connectivity index (χ2v) is 7.19. The number of sulfonamides is 1. The predicted molar refractivity (Wildman–Crippen MR) is 92.9 cm³/mol. The van der Waals surface area contributed by atoms with Crippen molar-refractivity contribution in [1.82, 2.24) is 10.2 Å². The van der Waals surface area contributed by atoms with Crippen LogP contribution in [0.25, 0.3) is 0 Å². The number of halogens is 1. The lowest BCUT2D eigenvalue weighted by Gasteiger charge is -2.08. The number of aromatic nitrogens is 2. The Labute approximate surface area is 141 Å². The van der Waals surface area contributed by atoms with Gasteiger partial charge in [-0.15, -0.1) is 10.2 Å². The predicted octanol–water partition coefficient (Wildman–Crippen LogP) is 2.81. The molecule has 1 aromatic carbocycles. The highest BCUT2D eigenvalue weighted by atomic mass is 32.2. The molecule has 0 radical (unpaired) electrons. The van der Waals surface area contributed by atoms with Crippen molar-refractivity contribution >= 4 is 21.7 Å². The van der Waals surface area contributed by atoms with E-state index in [1.54, 1.807) is 30.3 Å². The van der Waals surface area contributed by atoms with Gasteiger partial charge in [0.25, 0.3) is 0 Å². The largest absolute Gasteiger partial charge is 0.368 e. The Morgan fingerprint density at radius 1 is 1.08 bits per heavy atom. The Bertz CT molecular complexity index is 751. The van der Waals surface area contributed by atoms with E-state index in [1.165, 1.54) is 6.07 Å². The van der Waals surface area contributed by atoms with E-state index < -0.39 is 10.0 Å². The Hall–Kier alpha value is -2.22. The SMILES string of the molecule is CCCCS(=O)(=O)Nc1ccc(NCCc2ccccc2F)nn1. The van der Waals surface area contributed by atoms with E-state index in [4.69, 9.17) is 0 Å². The maximum absolute atomic E-state index is 13.5. The van der Waals surface area contributed by atoms with E-state index in [1.807, 2.05) is 6.92 Å². The van der Waals surface area contributed by atoms with Crippen LogP contribution < -0.4 is 10.0 Å². The minimum Gasteiger partial charge on any atom is -0.368 e. The average molecular weight is 352 g/mol. The zero-order valence-electron chi connectivity index (χ0n) is 13.5. The summed E-state index contributed by atoms with van der Waals surface area (Å²) in [6.07, 6.45) is 1.91. The molecule has 0 saturated heterocycles. The standard InChI is InChI=1S/C16H21FN4O2S/c1-2-3-12-24(22,23)21-16-9-8-15(19-20-16)18-11-10-13-6-4-5-7-14(13)17/h4-9H,2-3,10-12H2,1H3,(H,18,19)(H,20,21). The van der Waals surface area contributed by atoms with Crippen molar-refractivity contribution in [1.29, 1.82) is 0 Å². The van der Waals surface area contributed by atoms with Gasteiger partial charge in [-0.2, -0.15) is 0 Å². The van der Waals surface area contributed by atoms with Gasteiger partial charge in [0.05, 0.1) is 5.75 Å². The average Bonchev–Trinajstić information content (AvgIpc) is 2.56. The maximum Gasteiger partial charge on any atom is 0.233 e. The molecule has 0 bridgehead atoms. The van der Waals surface area contributed by atoms with Crippen LogP contribution in [0.3, 0.4) is 0 Å². The van der Waals surface area contributed by atoms with Crippen LogP contribution in [0.4, 0.5) is 16.0 Å². The zero-order valence-corrected chi connectivity index (χ0v) is 14.3. The summed E-state index contributed by atoms with van der Waals surface area (Å²) < 4.78 is 39.4. The molecule has 2 aromatic rings. The molecule has 24 heavy (non-hydrogen) atoms. The van der Waals surface area contributed by atoms with E-state index in [0.717, 1.165) is 6.42 Å². The fraction of sp³-hybridized carbons (Fsp3) is 0.375. The highest BCUT2D eigenvalue weighted by Crippen LogP contribution is 2.10. The van der Waals surface area contributed by atoms with Crippen LogP contribution in [0.15, 0.2) is 36.4 Å².